The molecule has 82 heavy (non-hydrogen) atoms. The minimum atomic E-state index is -0.816. The first-order chi connectivity index (χ1) is 40.5. The molecule has 0 aromatic carbocycles. The van der Waals surface area contributed by atoms with Gasteiger partial charge in [0.05, 0.1) is 0 Å². The van der Waals surface area contributed by atoms with Crippen molar-refractivity contribution in [3.05, 3.63) is 109 Å². The summed E-state index contributed by atoms with van der Waals surface area (Å²) < 4.78 is 16.9. The highest BCUT2D eigenvalue weighted by Gasteiger charge is 2.19. The van der Waals surface area contributed by atoms with Crippen LogP contribution in [0.15, 0.2) is 109 Å². The fraction of sp³-hybridized carbons (Fsp3) is 0.724. The van der Waals surface area contributed by atoms with Crippen molar-refractivity contribution in [2.75, 3.05) is 13.2 Å². The first kappa shape index (κ1) is 78.1. The Morgan fingerprint density at radius 1 is 0.256 bits per heavy atom. The van der Waals surface area contributed by atoms with Crippen molar-refractivity contribution in [1.29, 1.82) is 0 Å². The van der Waals surface area contributed by atoms with Crippen LogP contribution in [0.4, 0.5) is 0 Å². The van der Waals surface area contributed by atoms with Crippen LogP contribution in [0, 0.1) is 0 Å². The van der Waals surface area contributed by atoms with E-state index in [0.29, 0.717) is 19.3 Å². The normalized spacial score (nSPS) is 12.8. The van der Waals surface area contributed by atoms with E-state index in [9.17, 15) is 14.4 Å². The lowest BCUT2D eigenvalue weighted by atomic mass is 10.0. The Morgan fingerprint density at radius 3 is 0.768 bits per heavy atom. The number of allylic oxidation sites excluding steroid dienone is 18. The standard InChI is InChI=1S/C76H130O6/c1-4-7-10-13-16-19-22-25-27-29-31-33-34-35-36-37-38-39-40-41-43-44-46-48-51-54-57-60-63-66-69-75(78)81-72-73(71-80-74(77)68-65-62-59-56-53-50-24-21-18-15-12-9-6-3)82-76(79)70-67-64-61-58-55-52-49-47-45-42-32-30-28-26-23-20-17-14-11-8-5-2/h8-9,11-12,17-18,20-21,26,28,32,42,47,49-50,53,55,58,73H,4-7,10,13-16,19,22-25,27,29-31,33-41,43-46,48,51-52,54,56-57,59-72H2,1-3H3/b11-8-,12-9-,20-17-,21-18-,28-26-,42-32-,49-47-,53-50-,58-55-. The largest absolute Gasteiger partial charge is 0.462 e. The molecule has 0 saturated heterocycles. The van der Waals surface area contributed by atoms with Crippen molar-refractivity contribution >= 4 is 17.9 Å². The van der Waals surface area contributed by atoms with Crippen molar-refractivity contribution < 1.29 is 28.6 Å². The van der Waals surface area contributed by atoms with Gasteiger partial charge in [-0.05, 0) is 103 Å². The molecule has 6 heteroatoms. The van der Waals surface area contributed by atoms with E-state index in [1.54, 1.807) is 0 Å². The summed E-state index contributed by atoms with van der Waals surface area (Å²) in [6.07, 6.45) is 95.7. The topological polar surface area (TPSA) is 78.9 Å². The molecule has 0 aromatic heterocycles. The average Bonchev–Trinajstić information content (AvgIpc) is 3.47. The van der Waals surface area contributed by atoms with Crippen LogP contribution in [-0.4, -0.2) is 37.2 Å². The lowest BCUT2D eigenvalue weighted by Gasteiger charge is -2.18. The third-order valence-electron chi connectivity index (χ3n) is 15.0. The van der Waals surface area contributed by atoms with Crippen molar-refractivity contribution in [3.8, 4) is 0 Å². The monoisotopic (exact) mass is 1140 g/mol. The lowest BCUT2D eigenvalue weighted by Crippen LogP contribution is -2.30. The van der Waals surface area contributed by atoms with Crippen LogP contribution in [0.2, 0.25) is 0 Å². The van der Waals surface area contributed by atoms with Gasteiger partial charge in [-0.1, -0.05) is 323 Å². The smallest absolute Gasteiger partial charge is 0.306 e. The average molecular weight is 1140 g/mol. The molecule has 1 atom stereocenters. The Kier molecular flexibility index (Phi) is 66.2. The maximum Gasteiger partial charge on any atom is 0.306 e. The number of carbonyl (C=O) groups excluding carboxylic acids is 3. The fourth-order valence-corrected chi connectivity index (χ4v) is 9.88. The minimum Gasteiger partial charge on any atom is -0.462 e. The molecule has 0 radical (unpaired) electrons. The summed E-state index contributed by atoms with van der Waals surface area (Å²) in [5.74, 6) is -0.969. The van der Waals surface area contributed by atoms with Crippen LogP contribution in [0.1, 0.15) is 335 Å². The van der Waals surface area contributed by atoms with Gasteiger partial charge in [-0.2, -0.15) is 0 Å². The molecular formula is C76H130O6. The third kappa shape index (κ3) is 66.9. The predicted molar refractivity (Wildman–Crippen MR) is 357 cm³/mol. The molecule has 0 rings (SSSR count). The van der Waals surface area contributed by atoms with Crippen molar-refractivity contribution in [1.82, 2.24) is 0 Å². The van der Waals surface area contributed by atoms with Crippen LogP contribution >= 0.6 is 0 Å². The first-order valence-corrected chi connectivity index (χ1v) is 34.9. The van der Waals surface area contributed by atoms with Crippen LogP contribution in [0.5, 0.6) is 0 Å². The van der Waals surface area contributed by atoms with Crippen LogP contribution in [0.3, 0.4) is 0 Å². The van der Waals surface area contributed by atoms with Gasteiger partial charge in [0.15, 0.2) is 6.10 Å². The highest BCUT2D eigenvalue weighted by atomic mass is 16.6. The van der Waals surface area contributed by atoms with Gasteiger partial charge in [0.25, 0.3) is 0 Å². The highest BCUT2D eigenvalue weighted by Crippen LogP contribution is 2.18. The number of rotatable bonds is 63. The van der Waals surface area contributed by atoms with E-state index >= 15 is 0 Å². The Morgan fingerprint density at radius 2 is 0.476 bits per heavy atom. The van der Waals surface area contributed by atoms with E-state index in [0.717, 1.165) is 116 Å². The second-order valence-corrected chi connectivity index (χ2v) is 23.0. The summed E-state index contributed by atoms with van der Waals surface area (Å²) in [6.45, 7) is 6.39. The van der Waals surface area contributed by atoms with Crippen LogP contribution in [-0.2, 0) is 28.6 Å². The Labute approximate surface area is 508 Å². The second kappa shape index (κ2) is 69.6. The van der Waals surface area contributed by atoms with E-state index in [1.807, 2.05) is 0 Å². The summed E-state index contributed by atoms with van der Waals surface area (Å²) in [5, 5.41) is 0. The molecule has 0 aromatic rings. The molecule has 0 aliphatic heterocycles. The lowest BCUT2D eigenvalue weighted by molar-refractivity contribution is -0.167. The molecular weight excluding hydrogens is 1010 g/mol. The summed E-state index contributed by atoms with van der Waals surface area (Å²) >= 11 is 0. The van der Waals surface area contributed by atoms with E-state index in [2.05, 4.69) is 130 Å². The van der Waals surface area contributed by atoms with Crippen molar-refractivity contribution in [2.24, 2.45) is 0 Å². The second-order valence-electron chi connectivity index (χ2n) is 23.0. The molecule has 0 bridgehead atoms. The van der Waals surface area contributed by atoms with Gasteiger partial charge in [0, 0.05) is 19.3 Å². The quantitative estimate of drug-likeness (QED) is 0.0261. The number of carbonyl (C=O) groups is 3. The Balaban J connectivity index is 4.28. The summed E-state index contributed by atoms with van der Waals surface area (Å²) in [4.78, 5) is 38.3. The molecule has 0 heterocycles. The molecule has 0 N–H and O–H groups in total. The molecule has 0 saturated carbocycles. The molecule has 0 spiro atoms. The van der Waals surface area contributed by atoms with Gasteiger partial charge < -0.3 is 14.2 Å². The number of hydrogen-bond acceptors (Lipinski definition) is 6. The molecule has 0 aliphatic rings. The number of unbranched alkanes of at least 4 members (excludes halogenated alkanes) is 34. The highest BCUT2D eigenvalue weighted by molar-refractivity contribution is 5.71. The molecule has 6 nitrogen and oxygen atoms in total. The number of hydrogen-bond donors (Lipinski definition) is 0. The fourth-order valence-electron chi connectivity index (χ4n) is 9.88. The number of esters is 3. The predicted octanol–water partition coefficient (Wildman–Crippen LogP) is 24.2. The third-order valence-corrected chi connectivity index (χ3v) is 15.0. The van der Waals surface area contributed by atoms with Gasteiger partial charge in [0.2, 0.25) is 0 Å². The molecule has 0 amide bonds. The zero-order valence-electron chi connectivity index (χ0n) is 54.0. The maximum atomic E-state index is 12.9. The molecule has 470 valence electrons. The SMILES string of the molecule is CC/C=C\C/C=C\C/C=C\C/C=C\C/C=C\C/C=C\CCCCC(=O)OC(COC(=O)CCCCC/C=C\C/C=C\C/C=C\CC)COC(=O)CCCCCCCCCCCCCCCCCCCCCCCCCCCCCCCC. The molecule has 1 unspecified atom stereocenters. The van der Waals surface area contributed by atoms with E-state index in [-0.39, 0.29) is 37.5 Å². The van der Waals surface area contributed by atoms with E-state index in [4.69, 9.17) is 14.2 Å². The minimum absolute atomic E-state index is 0.104. The molecule has 0 aliphatic carbocycles. The zero-order valence-corrected chi connectivity index (χ0v) is 54.0. The summed E-state index contributed by atoms with van der Waals surface area (Å²) in [7, 11) is 0. The van der Waals surface area contributed by atoms with E-state index < -0.39 is 6.10 Å². The first-order valence-electron chi connectivity index (χ1n) is 34.9. The van der Waals surface area contributed by atoms with Gasteiger partial charge in [-0.25, -0.2) is 0 Å². The van der Waals surface area contributed by atoms with Crippen LogP contribution < -0.4 is 0 Å². The maximum absolute atomic E-state index is 12.9. The van der Waals surface area contributed by atoms with E-state index in [1.165, 1.54) is 173 Å². The van der Waals surface area contributed by atoms with Gasteiger partial charge in [-0.3, -0.25) is 14.4 Å². The number of ether oxygens (including phenoxy) is 3. The van der Waals surface area contributed by atoms with Gasteiger partial charge in [-0.15, -0.1) is 0 Å². The van der Waals surface area contributed by atoms with Crippen LogP contribution in [0.25, 0.3) is 0 Å². The zero-order chi connectivity index (χ0) is 59.2. The van der Waals surface area contributed by atoms with Gasteiger partial charge >= 0.3 is 17.9 Å². The Bertz CT molecular complexity index is 1640. The Hall–Kier alpha value is -3.93. The summed E-state index contributed by atoms with van der Waals surface area (Å²) in [5.41, 5.74) is 0. The summed E-state index contributed by atoms with van der Waals surface area (Å²) in [6, 6.07) is 0. The molecule has 0 fully saturated rings. The van der Waals surface area contributed by atoms with Crippen molar-refractivity contribution in [2.45, 2.75) is 341 Å². The van der Waals surface area contributed by atoms with Crippen molar-refractivity contribution in [3.63, 3.8) is 0 Å². The van der Waals surface area contributed by atoms with Gasteiger partial charge in [0.1, 0.15) is 13.2 Å².